The Morgan fingerprint density at radius 1 is 0.268 bits per heavy atom. The number of hydrogen-bond donors (Lipinski definition) is 0. The molecule has 1 heterocycles. The Bertz CT molecular complexity index is 2840. The largest absolute Gasteiger partial charge is 0.310 e. The molecule has 0 saturated heterocycles. The van der Waals surface area contributed by atoms with Crippen molar-refractivity contribution >= 4 is 38.9 Å². The molecule has 10 aromatic rings. The van der Waals surface area contributed by atoms with E-state index in [4.69, 9.17) is 0 Å². The van der Waals surface area contributed by atoms with Crippen LogP contribution in [0.25, 0.3) is 72.0 Å². The smallest absolute Gasteiger partial charge is 0.0561 e. The van der Waals surface area contributed by atoms with Crippen molar-refractivity contribution in [2.24, 2.45) is 0 Å². The Hall–Kier alpha value is -7.42. The van der Waals surface area contributed by atoms with Gasteiger partial charge >= 0.3 is 0 Å². The van der Waals surface area contributed by atoms with E-state index in [-0.39, 0.29) is 0 Å². The third-order valence-corrected chi connectivity index (χ3v) is 10.8. The Morgan fingerprint density at radius 3 is 1.32 bits per heavy atom. The fourth-order valence-electron chi connectivity index (χ4n) is 8.11. The zero-order valence-corrected chi connectivity index (χ0v) is 30.8. The van der Waals surface area contributed by atoms with Crippen molar-refractivity contribution in [1.29, 1.82) is 0 Å². The van der Waals surface area contributed by atoms with Gasteiger partial charge in [-0.25, -0.2) is 0 Å². The fraction of sp³-hybridized carbons (Fsp3) is 0. The summed E-state index contributed by atoms with van der Waals surface area (Å²) in [7, 11) is 0. The second kappa shape index (κ2) is 14.4. The molecule has 0 saturated carbocycles. The minimum atomic E-state index is 1.09. The molecule has 0 unspecified atom stereocenters. The molecule has 0 aliphatic rings. The van der Waals surface area contributed by atoms with Crippen LogP contribution in [0.5, 0.6) is 0 Å². The summed E-state index contributed by atoms with van der Waals surface area (Å²) >= 11 is 0. The molecule has 0 amide bonds. The van der Waals surface area contributed by atoms with Crippen molar-refractivity contribution in [3.05, 3.63) is 231 Å². The molecular weight excluding hydrogens is 677 g/mol. The SMILES string of the molecule is c1ccc(-c2ccc(N(c3ccc(-c4ccccc4)cc3)c3ccc4c5ccccc5n(-c5cccc(-c6ccccc6-c6ccccc6)c5)c4c3)cc2)cc1. The van der Waals surface area contributed by atoms with Gasteiger partial charge in [-0.3, -0.25) is 0 Å². The van der Waals surface area contributed by atoms with Gasteiger partial charge in [0.2, 0.25) is 0 Å². The molecular formula is C54H38N2. The summed E-state index contributed by atoms with van der Waals surface area (Å²) < 4.78 is 2.43. The van der Waals surface area contributed by atoms with Crippen LogP contribution in [-0.4, -0.2) is 4.57 Å². The van der Waals surface area contributed by atoms with Crippen LogP contribution in [0, 0.1) is 0 Å². The van der Waals surface area contributed by atoms with Gasteiger partial charge in [0.15, 0.2) is 0 Å². The van der Waals surface area contributed by atoms with Crippen molar-refractivity contribution in [1.82, 2.24) is 4.57 Å². The van der Waals surface area contributed by atoms with E-state index in [1.807, 2.05) is 0 Å². The third-order valence-electron chi connectivity index (χ3n) is 10.8. The highest BCUT2D eigenvalue weighted by atomic mass is 15.1. The number of para-hydroxylation sites is 1. The van der Waals surface area contributed by atoms with Crippen LogP contribution in [0.1, 0.15) is 0 Å². The summed E-state index contributed by atoms with van der Waals surface area (Å²) in [6, 6.07) is 83.0. The average molecular weight is 715 g/mol. The van der Waals surface area contributed by atoms with Crippen LogP contribution in [0.2, 0.25) is 0 Å². The van der Waals surface area contributed by atoms with Crippen LogP contribution in [0.4, 0.5) is 17.1 Å². The minimum absolute atomic E-state index is 1.09. The molecule has 0 radical (unpaired) electrons. The molecule has 0 atom stereocenters. The topological polar surface area (TPSA) is 8.17 Å². The average Bonchev–Trinajstić information content (AvgIpc) is 3.62. The van der Waals surface area contributed by atoms with E-state index in [0.717, 1.165) is 28.3 Å². The molecule has 0 aliphatic carbocycles. The molecule has 0 aliphatic heterocycles. The second-order valence-corrected chi connectivity index (χ2v) is 14.2. The van der Waals surface area contributed by atoms with Gasteiger partial charge in [-0.15, -0.1) is 0 Å². The van der Waals surface area contributed by atoms with Crippen LogP contribution in [0.15, 0.2) is 231 Å². The summed E-state index contributed by atoms with van der Waals surface area (Å²) in [5, 5.41) is 2.45. The number of fused-ring (bicyclic) bond motifs is 3. The lowest BCUT2D eigenvalue weighted by molar-refractivity contribution is 1.18. The number of rotatable bonds is 8. The van der Waals surface area contributed by atoms with Gasteiger partial charge in [-0.2, -0.15) is 0 Å². The zero-order valence-electron chi connectivity index (χ0n) is 30.8. The van der Waals surface area contributed by atoms with Gasteiger partial charge in [0.05, 0.1) is 11.0 Å². The van der Waals surface area contributed by atoms with Gasteiger partial charge < -0.3 is 9.47 Å². The molecule has 2 nitrogen and oxygen atoms in total. The maximum atomic E-state index is 2.43. The first-order valence-electron chi connectivity index (χ1n) is 19.2. The molecule has 1 aromatic heterocycles. The van der Waals surface area contributed by atoms with E-state index >= 15 is 0 Å². The Morgan fingerprint density at radius 2 is 0.714 bits per heavy atom. The van der Waals surface area contributed by atoms with Crippen LogP contribution < -0.4 is 4.90 Å². The minimum Gasteiger partial charge on any atom is -0.310 e. The number of benzene rings is 9. The molecule has 0 N–H and O–H groups in total. The van der Waals surface area contributed by atoms with Gasteiger partial charge in [0, 0.05) is 33.5 Å². The van der Waals surface area contributed by atoms with Crippen molar-refractivity contribution in [2.75, 3.05) is 4.90 Å². The normalized spacial score (nSPS) is 11.2. The third kappa shape index (κ3) is 6.14. The second-order valence-electron chi connectivity index (χ2n) is 14.2. The maximum absolute atomic E-state index is 2.43. The number of aromatic nitrogens is 1. The monoisotopic (exact) mass is 714 g/mol. The summed E-state index contributed by atoms with van der Waals surface area (Å²) in [5.74, 6) is 0. The van der Waals surface area contributed by atoms with Crippen LogP contribution in [0.3, 0.4) is 0 Å². The maximum Gasteiger partial charge on any atom is 0.0561 e. The van der Waals surface area contributed by atoms with E-state index in [1.54, 1.807) is 0 Å². The van der Waals surface area contributed by atoms with Gasteiger partial charge in [0.1, 0.15) is 0 Å². The molecule has 9 aromatic carbocycles. The predicted octanol–water partition coefficient (Wildman–Crippen LogP) is 14.9. The summed E-state index contributed by atoms with van der Waals surface area (Å²) in [6.07, 6.45) is 0. The van der Waals surface area contributed by atoms with Crippen molar-refractivity contribution in [3.63, 3.8) is 0 Å². The van der Waals surface area contributed by atoms with Gasteiger partial charge in [-0.1, -0.05) is 176 Å². The number of hydrogen-bond acceptors (Lipinski definition) is 1. The lowest BCUT2D eigenvalue weighted by atomic mass is 9.94. The molecule has 264 valence electrons. The van der Waals surface area contributed by atoms with Gasteiger partial charge in [-0.05, 0) is 99.1 Å². The first kappa shape index (κ1) is 33.2. The Labute approximate surface area is 327 Å². The Kier molecular flexibility index (Phi) is 8.55. The summed E-state index contributed by atoms with van der Waals surface area (Å²) in [5.41, 5.74) is 16.4. The predicted molar refractivity (Wildman–Crippen MR) is 237 cm³/mol. The van der Waals surface area contributed by atoms with E-state index in [2.05, 4.69) is 240 Å². The first-order valence-corrected chi connectivity index (χ1v) is 19.2. The number of nitrogens with zero attached hydrogens (tertiary/aromatic N) is 2. The molecule has 2 heteroatoms. The summed E-state index contributed by atoms with van der Waals surface area (Å²) in [4.78, 5) is 2.37. The van der Waals surface area contributed by atoms with Crippen molar-refractivity contribution in [2.45, 2.75) is 0 Å². The molecule has 56 heavy (non-hydrogen) atoms. The molecule has 0 bridgehead atoms. The quantitative estimate of drug-likeness (QED) is 0.152. The zero-order chi connectivity index (χ0) is 37.3. The molecule has 0 spiro atoms. The lowest BCUT2D eigenvalue weighted by Gasteiger charge is -2.26. The summed E-state index contributed by atoms with van der Waals surface area (Å²) in [6.45, 7) is 0. The standard InChI is InChI=1S/C54H38N2/c1-4-15-39(16-5-1)41-27-31-45(32-28-41)55(46-33-29-42(30-34-46)40-17-6-2-7-18-40)48-35-36-52-51-25-12-13-26-53(51)56(54(52)38-48)47-22-14-21-44(37-47)50-24-11-10-23-49(50)43-19-8-3-9-20-43/h1-38H. The van der Waals surface area contributed by atoms with Crippen molar-refractivity contribution < 1.29 is 0 Å². The lowest BCUT2D eigenvalue weighted by Crippen LogP contribution is -2.10. The van der Waals surface area contributed by atoms with Crippen LogP contribution >= 0.6 is 0 Å². The Balaban J connectivity index is 1.13. The van der Waals surface area contributed by atoms with E-state index in [1.165, 1.54) is 60.8 Å². The van der Waals surface area contributed by atoms with Crippen molar-refractivity contribution in [3.8, 4) is 50.2 Å². The van der Waals surface area contributed by atoms with Crippen LogP contribution in [-0.2, 0) is 0 Å². The highest BCUT2D eigenvalue weighted by Crippen LogP contribution is 2.41. The molecule has 10 rings (SSSR count). The fourth-order valence-corrected chi connectivity index (χ4v) is 8.11. The molecule has 0 fully saturated rings. The number of anilines is 3. The van der Waals surface area contributed by atoms with E-state index < -0.39 is 0 Å². The van der Waals surface area contributed by atoms with E-state index in [9.17, 15) is 0 Å². The first-order chi connectivity index (χ1) is 27.8. The van der Waals surface area contributed by atoms with E-state index in [0.29, 0.717) is 0 Å². The highest BCUT2D eigenvalue weighted by molar-refractivity contribution is 6.10. The van der Waals surface area contributed by atoms with Gasteiger partial charge in [0.25, 0.3) is 0 Å². The highest BCUT2D eigenvalue weighted by Gasteiger charge is 2.19.